The highest BCUT2D eigenvalue weighted by Crippen LogP contribution is 2.23. The smallest absolute Gasteiger partial charge is 0.338 e. The number of carbonyl (C=O) groups excluding carboxylic acids is 1. The molecule has 1 aliphatic rings. The standard InChI is InChI=1S/C13H16O2/c1-9(2)15-13(14)12-7-6-10-4-3-5-11(10)8-12/h6-9H,3-5H2,1-2H3. The van der Waals surface area contributed by atoms with E-state index in [4.69, 9.17) is 4.74 Å². The van der Waals surface area contributed by atoms with E-state index in [0.717, 1.165) is 12.8 Å². The van der Waals surface area contributed by atoms with Gasteiger partial charge in [-0.2, -0.15) is 0 Å². The monoisotopic (exact) mass is 204 g/mol. The molecule has 0 saturated carbocycles. The molecule has 1 aromatic carbocycles. The first kappa shape index (κ1) is 10.2. The maximum Gasteiger partial charge on any atom is 0.338 e. The second kappa shape index (κ2) is 4.05. The summed E-state index contributed by atoms with van der Waals surface area (Å²) in [5, 5.41) is 0. The van der Waals surface area contributed by atoms with Gasteiger partial charge in [0.1, 0.15) is 0 Å². The molecule has 0 unspecified atom stereocenters. The molecule has 1 aliphatic carbocycles. The first-order valence-electron chi connectivity index (χ1n) is 5.49. The van der Waals surface area contributed by atoms with Crippen LogP contribution in [0.2, 0.25) is 0 Å². The van der Waals surface area contributed by atoms with Crippen LogP contribution in [0, 0.1) is 0 Å². The Bertz CT molecular complexity index is 380. The number of hydrogen-bond donors (Lipinski definition) is 0. The molecule has 0 heterocycles. The fraction of sp³-hybridized carbons (Fsp3) is 0.462. The molecule has 0 atom stereocenters. The Hall–Kier alpha value is -1.31. The summed E-state index contributed by atoms with van der Waals surface area (Å²) in [5.41, 5.74) is 3.38. The molecule has 2 rings (SSSR count). The normalized spacial score (nSPS) is 14.1. The third-order valence-electron chi connectivity index (χ3n) is 2.68. The minimum atomic E-state index is -0.209. The van der Waals surface area contributed by atoms with Crippen molar-refractivity contribution in [1.82, 2.24) is 0 Å². The molecule has 0 radical (unpaired) electrons. The minimum Gasteiger partial charge on any atom is -0.459 e. The summed E-state index contributed by atoms with van der Waals surface area (Å²) < 4.78 is 5.16. The maximum absolute atomic E-state index is 11.6. The number of esters is 1. The zero-order valence-electron chi connectivity index (χ0n) is 9.25. The summed E-state index contributed by atoms with van der Waals surface area (Å²) in [5.74, 6) is -0.209. The zero-order chi connectivity index (χ0) is 10.8. The number of hydrogen-bond acceptors (Lipinski definition) is 2. The lowest BCUT2D eigenvalue weighted by Gasteiger charge is -2.08. The number of aryl methyl sites for hydroxylation is 2. The summed E-state index contributed by atoms with van der Waals surface area (Å²) >= 11 is 0. The Balaban J connectivity index is 2.19. The highest BCUT2D eigenvalue weighted by atomic mass is 16.5. The van der Waals surface area contributed by atoms with E-state index in [0.29, 0.717) is 5.56 Å². The second-order valence-electron chi connectivity index (χ2n) is 4.29. The van der Waals surface area contributed by atoms with Crippen LogP contribution in [-0.2, 0) is 17.6 Å². The Kier molecular flexibility index (Phi) is 2.76. The first-order chi connectivity index (χ1) is 7.16. The van der Waals surface area contributed by atoms with Crippen molar-refractivity contribution in [2.75, 3.05) is 0 Å². The molecule has 0 aromatic heterocycles. The molecule has 0 bridgehead atoms. The van der Waals surface area contributed by atoms with E-state index in [9.17, 15) is 4.79 Å². The number of fused-ring (bicyclic) bond motifs is 1. The van der Waals surface area contributed by atoms with Crippen LogP contribution >= 0.6 is 0 Å². The summed E-state index contributed by atoms with van der Waals surface area (Å²) in [6.45, 7) is 3.73. The summed E-state index contributed by atoms with van der Waals surface area (Å²) in [6, 6.07) is 5.90. The van der Waals surface area contributed by atoms with Gasteiger partial charge in [0.25, 0.3) is 0 Å². The van der Waals surface area contributed by atoms with E-state index in [1.54, 1.807) is 0 Å². The largest absolute Gasteiger partial charge is 0.459 e. The van der Waals surface area contributed by atoms with Gasteiger partial charge in [-0.3, -0.25) is 0 Å². The van der Waals surface area contributed by atoms with Crippen molar-refractivity contribution < 1.29 is 9.53 Å². The highest BCUT2D eigenvalue weighted by Gasteiger charge is 2.15. The molecule has 2 nitrogen and oxygen atoms in total. The number of carbonyl (C=O) groups is 1. The number of rotatable bonds is 2. The Morgan fingerprint density at radius 2 is 2.00 bits per heavy atom. The summed E-state index contributed by atoms with van der Waals surface area (Å²) in [4.78, 5) is 11.6. The lowest BCUT2D eigenvalue weighted by Crippen LogP contribution is -2.11. The Morgan fingerprint density at radius 1 is 1.27 bits per heavy atom. The van der Waals surface area contributed by atoms with Gasteiger partial charge in [-0.05, 0) is 56.4 Å². The topological polar surface area (TPSA) is 26.3 Å². The Labute approximate surface area is 90.3 Å². The van der Waals surface area contributed by atoms with Crippen LogP contribution in [0.5, 0.6) is 0 Å². The molecule has 80 valence electrons. The third-order valence-corrected chi connectivity index (χ3v) is 2.68. The van der Waals surface area contributed by atoms with E-state index in [1.165, 1.54) is 17.5 Å². The van der Waals surface area contributed by atoms with Gasteiger partial charge in [0.05, 0.1) is 11.7 Å². The van der Waals surface area contributed by atoms with E-state index in [2.05, 4.69) is 6.07 Å². The van der Waals surface area contributed by atoms with Gasteiger partial charge in [-0.1, -0.05) is 6.07 Å². The van der Waals surface area contributed by atoms with Gasteiger partial charge in [0.15, 0.2) is 0 Å². The second-order valence-corrected chi connectivity index (χ2v) is 4.29. The maximum atomic E-state index is 11.6. The third kappa shape index (κ3) is 2.20. The van der Waals surface area contributed by atoms with Crippen LogP contribution in [0.25, 0.3) is 0 Å². The molecule has 1 aromatic rings. The van der Waals surface area contributed by atoms with Crippen LogP contribution < -0.4 is 0 Å². The van der Waals surface area contributed by atoms with Gasteiger partial charge < -0.3 is 4.74 Å². The van der Waals surface area contributed by atoms with Crippen LogP contribution in [0.3, 0.4) is 0 Å². The molecule has 0 amide bonds. The molecule has 0 aliphatic heterocycles. The molecular formula is C13H16O2. The van der Waals surface area contributed by atoms with E-state index >= 15 is 0 Å². The van der Waals surface area contributed by atoms with E-state index in [1.807, 2.05) is 26.0 Å². The number of benzene rings is 1. The molecule has 0 N–H and O–H groups in total. The molecule has 0 fully saturated rings. The molecule has 2 heteroatoms. The zero-order valence-corrected chi connectivity index (χ0v) is 9.25. The van der Waals surface area contributed by atoms with Crippen molar-refractivity contribution in [3.8, 4) is 0 Å². The van der Waals surface area contributed by atoms with Crippen molar-refractivity contribution >= 4 is 5.97 Å². The summed E-state index contributed by atoms with van der Waals surface area (Å²) in [7, 11) is 0. The van der Waals surface area contributed by atoms with Crippen LogP contribution in [0.1, 0.15) is 41.8 Å². The first-order valence-corrected chi connectivity index (χ1v) is 5.49. The van der Waals surface area contributed by atoms with Crippen molar-refractivity contribution in [2.24, 2.45) is 0 Å². The predicted molar refractivity (Wildman–Crippen MR) is 59.0 cm³/mol. The fourth-order valence-electron chi connectivity index (χ4n) is 1.98. The van der Waals surface area contributed by atoms with Crippen LogP contribution in [0.4, 0.5) is 0 Å². The summed E-state index contributed by atoms with van der Waals surface area (Å²) in [6.07, 6.45) is 3.40. The SMILES string of the molecule is CC(C)OC(=O)c1ccc2c(c1)CCC2. The highest BCUT2D eigenvalue weighted by molar-refractivity contribution is 5.89. The van der Waals surface area contributed by atoms with Gasteiger partial charge in [-0.25, -0.2) is 4.79 Å². The van der Waals surface area contributed by atoms with Crippen LogP contribution in [0.15, 0.2) is 18.2 Å². The Morgan fingerprint density at radius 3 is 2.73 bits per heavy atom. The van der Waals surface area contributed by atoms with Gasteiger partial charge in [0.2, 0.25) is 0 Å². The van der Waals surface area contributed by atoms with Gasteiger partial charge >= 0.3 is 5.97 Å². The number of ether oxygens (including phenoxy) is 1. The van der Waals surface area contributed by atoms with E-state index < -0.39 is 0 Å². The molecular weight excluding hydrogens is 188 g/mol. The van der Waals surface area contributed by atoms with Crippen molar-refractivity contribution in [2.45, 2.75) is 39.2 Å². The van der Waals surface area contributed by atoms with E-state index in [-0.39, 0.29) is 12.1 Å². The van der Waals surface area contributed by atoms with Crippen LogP contribution in [-0.4, -0.2) is 12.1 Å². The average Bonchev–Trinajstić information content (AvgIpc) is 2.62. The van der Waals surface area contributed by atoms with Gasteiger partial charge in [0, 0.05) is 0 Å². The van der Waals surface area contributed by atoms with Gasteiger partial charge in [-0.15, -0.1) is 0 Å². The average molecular weight is 204 g/mol. The van der Waals surface area contributed by atoms with Crippen molar-refractivity contribution in [1.29, 1.82) is 0 Å². The minimum absolute atomic E-state index is 0.0502. The lowest BCUT2D eigenvalue weighted by molar-refractivity contribution is 0.0378. The van der Waals surface area contributed by atoms with Crippen molar-refractivity contribution in [3.05, 3.63) is 34.9 Å². The quantitative estimate of drug-likeness (QED) is 0.692. The molecule has 0 saturated heterocycles. The van der Waals surface area contributed by atoms with Crippen molar-refractivity contribution in [3.63, 3.8) is 0 Å². The predicted octanol–water partition coefficient (Wildman–Crippen LogP) is 2.74. The molecule has 0 spiro atoms. The lowest BCUT2D eigenvalue weighted by atomic mass is 10.1. The fourth-order valence-corrected chi connectivity index (χ4v) is 1.98. The molecule has 15 heavy (non-hydrogen) atoms.